The van der Waals surface area contributed by atoms with Crippen LogP contribution in [0.25, 0.3) is 0 Å². The van der Waals surface area contributed by atoms with Crippen LogP contribution in [0.4, 0.5) is 0 Å². The zero-order valence-corrected chi connectivity index (χ0v) is 12.7. The molecule has 0 heterocycles. The summed E-state index contributed by atoms with van der Waals surface area (Å²) in [5, 5.41) is 10.8. The second kappa shape index (κ2) is 7.08. The third-order valence-corrected chi connectivity index (χ3v) is 6.07. The minimum Gasteiger partial charge on any atom is -0.392 e. The molecule has 2 fully saturated rings. The van der Waals surface area contributed by atoms with Gasteiger partial charge in [0.05, 0.1) is 6.10 Å². The molecule has 0 aromatic carbocycles. The van der Waals surface area contributed by atoms with E-state index in [9.17, 15) is 5.11 Å². The second-order valence-electron chi connectivity index (χ2n) is 7.17. The van der Waals surface area contributed by atoms with Crippen LogP contribution in [0.5, 0.6) is 0 Å². The molecule has 0 bridgehead atoms. The van der Waals surface area contributed by atoms with Gasteiger partial charge in [-0.05, 0) is 43.9 Å². The SMILES string of the molecule is CCC1CCC(CN)(C(O)CC2CCCCC2)CC1. The highest BCUT2D eigenvalue weighted by atomic mass is 16.3. The van der Waals surface area contributed by atoms with Crippen molar-refractivity contribution >= 4 is 0 Å². The van der Waals surface area contributed by atoms with E-state index in [1.54, 1.807) is 0 Å². The third-order valence-electron chi connectivity index (χ3n) is 6.07. The Morgan fingerprint density at radius 1 is 1.05 bits per heavy atom. The van der Waals surface area contributed by atoms with Crippen LogP contribution < -0.4 is 5.73 Å². The molecule has 2 aliphatic rings. The minimum atomic E-state index is -0.154. The Balaban J connectivity index is 1.88. The molecule has 1 atom stereocenters. The summed E-state index contributed by atoms with van der Waals surface area (Å²) in [7, 11) is 0. The summed E-state index contributed by atoms with van der Waals surface area (Å²) in [6.45, 7) is 2.97. The van der Waals surface area contributed by atoms with Crippen LogP contribution >= 0.6 is 0 Å². The molecule has 2 saturated carbocycles. The van der Waals surface area contributed by atoms with Gasteiger partial charge in [-0.2, -0.15) is 0 Å². The summed E-state index contributed by atoms with van der Waals surface area (Å²) in [6, 6.07) is 0. The highest BCUT2D eigenvalue weighted by Gasteiger charge is 2.40. The first-order valence-electron chi connectivity index (χ1n) is 8.58. The summed E-state index contributed by atoms with van der Waals surface area (Å²) in [5.74, 6) is 1.64. The molecule has 2 aliphatic carbocycles. The zero-order valence-electron chi connectivity index (χ0n) is 12.7. The van der Waals surface area contributed by atoms with E-state index in [2.05, 4.69) is 6.92 Å². The van der Waals surface area contributed by atoms with Crippen LogP contribution in [0.3, 0.4) is 0 Å². The summed E-state index contributed by atoms with van der Waals surface area (Å²) in [4.78, 5) is 0. The van der Waals surface area contributed by atoms with Gasteiger partial charge in [0, 0.05) is 12.0 Å². The molecule has 0 aromatic heterocycles. The van der Waals surface area contributed by atoms with E-state index >= 15 is 0 Å². The Morgan fingerprint density at radius 2 is 1.68 bits per heavy atom. The molecule has 1 unspecified atom stereocenters. The van der Waals surface area contributed by atoms with Crippen LogP contribution in [-0.2, 0) is 0 Å². The lowest BCUT2D eigenvalue weighted by atomic mass is 9.65. The number of hydrogen-bond acceptors (Lipinski definition) is 2. The molecule has 0 saturated heterocycles. The molecule has 0 aromatic rings. The summed E-state index contributed by atoms with van der Waals surface area (Å²) in [6.07, 6.45) is 13.8. The first kappa shape index (κ1) is 15.3. The van der Waals surface area contributed by atoms with Crippen LogP contribution in [0, 0.1) is 17.3 Å². The lowest BCUT2D eigenvalue weighted by molar-refractivity contribution is -0.0253. The van der Waals surface area contributed by atoms with E-state index in [-0.39, 0.29) is 11.5 Å². The van der Waals surface area contributed by atoms with Crippen molar-refractivity contribution in [3.63, 3.8) is 0 Å². The van der Waals surface area contributed by atoms with Gasteiger partial charge in [-0.3, -0.25) is 0 Å². The normalized spacial score (nSPS) is 35.2. The molecule has 3 N–H and O–H groups in total. The van der Waals surface area contributed by atoms with Gasteiger partial charge in [-0.1, -0.05) is 45.4 Å². The lowest BCUT2D eigenvalue weighted by Crippen LogP contribution is -2.45. The van der Waals surface area contributed by atoms with Gasteiger partial charge in [0.1, 0.15) is 0 Å². The van der Waals surface area contributed by atoms with Gasteiger partial charge in [0.15, 0.2) is 0 Å². The van der Waals surface area contributed by atoms with Gasteiger partial charge >= 0.3 is 0 Å². The van der Waals surface area contributed by atoms with Crippen molar-refractivity contribution in [3.8, 4) is 0 Å². The van der Waals surface area contributed by atoms with Gasteiger partial charge in [0.2, 0.25) is 0 Å². The molecule has 112 valence electrons. The van der Waals surface area contributed by atoms with E-state index in [4.69, 9.17) is 5.73 Å². The monoisotopic (exact) mass is 267 g/mol. The molecule has 2 rings (SSSR count). The fraction of sp³-hybridized carbons (Fsp3) is 1.00. The fourth-order valence-corrected chi connectivity index (χ4v) is 4.32. The second-order valence-corrected chi connectivity index (χ2v) is 7.17. The number of aliphatic hydroxyl groups excluding tert-OH is 1. The maximum Gasteiger partial charge on any atom is 0.0611 e. The Kier molecular flexibility index (Phi) is 5.70. The summed E-state index contributed by atoms with van der Waals surface area (Å²) < 4.78 is 0. The summed E-state index contributed by atoms with van der Waals surface area (Å²) in [5.41, 5.74) is 6.12. The van der Waals surface area contributed by atoms with Crippen molar-refractivity contribution in [1.82, 2.24) is 0 Å². The third kappa shape index (κ3) is 3.72. The number of rotatable bonds is 5. The first-order valence-corrected chi connectivity index (χ1v) is 8.58. The standard InChI is InChI=1S/C17H33NO/c1-2-14-8-10-17(13-18,11-9-14)16(19)12-15-6-4-3-5-7-15/h14-16,19H,2-13,18H2,1H3. The van der Waals surface area contributed by atoms with Crippen LogP contribution in [0.15, 0.2) is 0 Å². The number of hydrogen-bond donors (Lipinski definition) is 2. The average molecular weight is 267 g/mol. The van der Waals surface area contributed by atoms with Gasteiger partial charge < -0.3 is 10.8 Å². The maximum absolute atomic E-state index is 10.8. The molecule has 19 heavy (non-hydrogen) atoms. The van der Waals surface area contributed by atoms with E-state index in [1.807, 2.05) is 0 Å². The molecule has 2 nitrogen and oxygen atoms in total. The average Bonchev–Trinajstić information content (AvgIpc) is 2.48. The fourth-order valence-electron chi connectivity index (χ4n) is 4.32. The molecular weight excluding hydrogens is 234 g/mol. The highest BCUT2D eigenvalue weighted by molar-refractivity contribution is 4.92. The van der Waals surface area contributed by atoms with Crippen LogP contribution in [-0.4, -0.2) is 17.8 Å². The molecular formula is C17H33NO. The van der Waals surface area contributed by atoms with E-state index in [0.29, 0.717) is 6.54 Å². The van der Waals surface area contributed by atoms with Gasteiger partial charge in [-0.15, -0.1) is 0 Å². The van der Waals surface area contributed by atoms with Crippen molar-refractivity contribution < 1.29 is 5.11 Å². The van der Waals surface area contributed by atoms with E-state index in [1.165, 1.54) is 51.4 Å². The number of nitrogens with two attached hydrogens (primary N) is 1. The minimum absolute atomic E-state index is 0.0448. The van der Waals surface area contributed by atoms with Crippen molar-refractivity contribution in [2.45, 2.75) is 83.7 Å². The first-order chi connectivity index (χ1) is 9.20. The van der Waals surface area contributed by atoms with E-state index < -0.39 is 0 Å². The Labute approximate surface area is 119 Å². The molecule has 0 spiro atoms. The smallest absolute Gasteiger partial charge is 0.0611 e. The molecule has 0 amide bonds. The topological polar surface area (TPSA) is 46.2 Å². The Hall–Kier alpha value is -0.0800. The van der Waals surface area contributed by atoms with Gasteiger partial charge in [0.25, 0.3) is 0 Å². The predicted octanol–water partition coefficient (Wildman–Crippen LogP) is 3.86. The molecule has 0 radical (unpaired) electrons. The Bertz CT molecular complexity index is 252. The van der Waals surface area contributed by atoms with E-state index in [0.717, 1.165) is 31.1 Å². The number of aliphatic hydroxyl groups is 1. The maximum atomic E-state index is 10.8. The molecule has 2 heteroatoms. The highest BCUT2D eigenvalue weighted by Crippen LogP contribution is 2.44. The van der Waals surface area contributed by atoms with Crippen molar-refractivity contribution in [3.05, 3.63) is 0 Å². The predicted molar refractivity (Wildman–Crippen MR) is 80.9 cm³/mol. The van der Waals surface area contributed by atoms with Crippen LogP contribution in [0.1, 0.15) is 77.6 Å². The quantitative estimate of drug-likeness (QED) is 0.794. The summed E-state index contributed by atoms with van der Waals surface area (Å²) >= 11 is 0. The van der Waals surface area contributed by atoms with Crippen LogP contribution in [0.2, 0.25) is 0 Å². The molecule has 0 aliphatic heterocycles. The lowest BCUT2D eigenvalue weighted by Gasteiger charge is -2.44. The van der Waals surface area contributed by atoms with Crippen molar-refractivity contribution in [1.29, 1.82) is 0 Å². The van der Waals surface area contributed by atoms with Crippen molar-refractivity contribution in [2.24, 2.45) is 23.0 Å². The Morgan fingerprint density at radius 3 is 2.21 bits per heavy atom. The zero-order chi connectivity index (χ0) is 13.7. The largest absolute Gasteiger partial charge is 0.392 e. The van der Waals surface area contributed by atoms with Gasteiger partial charge in [-0.25, -0.2) is 0 Å². The van der Waals surface area contributed by atoms with Crippen molar-refractivity contribution in [2.75, 3.05) is 6.54 Å².